The minimum absolute atomic E-state index is 0.0743. The SMILES string of the molecule is Cc1nc2c(c(C)nn2C)c(C)c1CCC(=O)N1CCCC(O)(c2cn([C@@H](C)c3ccc(F)c(Br)c3)nn2)CC1. The third kappa shape index (κ3) is 5.28. The number of aromatic nitrogens is 6. The van der Waals surface area contributed by atoms with Gasteiger partial charge in [-0.25, -0.2) is 14.1 Å². The number of aliphatic hydroxyl groups is 1. The molecule has 0 bridgehead atoms. The second-order valence-corrected chi connectivity index (χ2v) is 11.8. The van der Waals surface area contributed by atoms with E-state index in [-0.39, 0.29) is 17.8 Å². The predicted molar refractivity (Wildman–Crippen MR) is 153 cm³/mol. The van der Waals surface area contributed by atoms with Crippen molar-refractivity contribution < 1.29 is 14.3 Å². The zero-order valence-corrected chi connectivity index (χ0v) is 25.2. The molecule has 3 aromatic heterocycles. The fourth-order valence-electron chi connectivity index (χ4n) is 5.85. The van der Waals surface area contributed by atoms with Crippen LogP contribution >= 0.6 is 15.9 Å². The van der Waals surface area contributed by atoms with Gasteiger partial charge in [-0.3, -0.25) is 9.48 Å². The number of halogens is 2. The maximum absolute atomic E-state index is 13.7. The Hall–Kier alpha value is -3.18. The molecule has 9 nitrogen and oxygen atoms in total. The Bertz CT molecular complexity index is 1580. The molecule has 1 aromatic carbocycles. The lowest BCUT2D eigenvalue weighted by Gasteiger charge is -2.25. The van der Waals surface area contributed by atoms with Crippen molar-refractivity contribution in [3.05, 3.63) is 68.5 Å². The molecule has 4 heterocycles. The fraction of sp³-hybridized carbons (Fsp3) is 0.483. The van der Waals surface area contributed by atoms with Crippen LogP contribution in [0.3, 0.4) is 0 Å². The molecule has 1 aliphatic rings. The summed E-state index contributed by atoms with van der Waals surface area (Å²) in [6.45, 7) is 9.04. The normalized spacial score (nSPS) is 18.8. The number of likely N-dealkylation sites (tertiary alicyclic amines) is 1. The van der Waals surface area contributed by atoms with Gasteiger partial charge in [0, 0.05) is 37.6 Å². The molecule has 1 aliphatic heterocycles. The van der Waals surface area contributed by atoms with Gasteiger partial charge in [-0.15, -0.1) is 5.10 Å². The summed E-state index contributed by atoms with van der Waals surface area (Å²) in [6.07, 6.45) is 4.29. The van der Waals surface area contributed by atoms with Gasteiger partial charge in [0.05, 0.1) is 22.4 Å². The summed E-state index contributed by atoms with van der Waals surface area (Å²) in [7, 11) is 1.90. The van der Waals surface area contributed by atoms with Crippen molar-refractivity contribution in [1.29, 1.82) is 0 Å². The fourth-order valence-corrected chi connectivity index (χ4v) is 6.25. The molecule has 11 heteroatoms. The summed E-state index contributed by atoms with van der Waals surface area (Å²) in [5.74, 6) is -0.251. The van der Waals surface area contributed by atoms with Gasteiger partial charge < -0.3 is 10.0 Å². The molecule has 1 fully saturated rings. The first-order valence-electron chi connectivity index (χ1n) is 13.7. The third-order valence-corrected chi connectivity index (χ3v) is 8.90. The van der Waals surface area contributed by atoms with Crippen LogP contribution in [0.1, 0.15) is 72.4 Å². The summed E-state index contributed by atoms with van der Waals surface area (Å²) in [5.41, 5.74) is 5.16. The smallest absolute Gasteiger partial charge is 0.222 e. The Morgan fingerprint density at radius 3 is 2.73 bits per heavy atom. The molecular formula is C29H35BrFN7O2. The van der Waals surface area contributed by atoms with Crippen LogP contribution in [-0.4, -0.2) is 58.8 Å². The number of amides is 1. The second-order valence-electron chi connectivity index (χ2n) is 10.9. The van der Waals surface area contributed by atoms with E-state index in [1.807, 2.05) is 32.7 Å². The van der Waals surface area contributed by atoms with E-state index in [4.69, 9.17) is 4.98 Å². The number of rotatable bonds is 6. The third-order valence-electron chi connectivity index (χ3n) is 8.30. The molecule has 0 radical (unpaired) electrons. The zero-order chi connectivity index (χ0) is 28.8. The predicted octanol–water partition coefficient (Wildman–Crippen LogP) is 4.83. The van der Waals surface area contributed by atoms with Gasteiger partial charge in [-0.05, 0) is 98.1 Å². The standard InChI is InChI=1S/C29H35BrFN7O2/c1-17-22(18(2)32-28-27(17)19(3)34-36(28)5)8-10-26(39)37-13-6-11-29(40,12-14-37)25-16-38(35-33-25)20(4)21-7-9-24(31)23(30)15-21/h7,9,15-16,20,40H,6,8,10-14H2,1-5H3/t20-,29?/m0/s1. The van der Waals surface area contributed by atoms with Gasteiger partial charge in [0.25, 0.3) is 0 Å². The first-order valence-corrected chi connectivity index (χ1v) is 14.4. The van der Waals surface area contributed by atoms with Crippen LogP contribution in [0.15, 0.2) is 28.9 Å². The molecule has 2 atom stereocenters. The van der Waals surface area contributed by atoms with E-state index in [0.29, 0.717) is 55.4 Å². The van der Waals surface area contributed by atoms with Crippen molar-refractivity contribution in [3.8, 4) is 0 Å². The maximum Gasteiger partial charge on any atom is 0.222 e. The van der Waals surface area contributed by atoms with Gasteiger partial charge in [-0.2, -0.15) is 5.10 Å². The topological polar surface area (TPSA) is 102 Å². The number of hydrogen-bond acceptors (Lipinski definition) is 6. The number of hydrogen-bond donors (Lipinski definition) is 1. The van der Waals surface area contributed by atoms with E-state index in [9.17, 15) is 14.3 Å². The van der Waals surface area contributed by atoms with Gasteiger partial charge in [0.15, 0.2) is 5.65 Å². The Morgan fingerprint density at radius 1 is 1.20 bits per heavy atom. The number of carbonyl (C=O) groups is 1. The molecule has 1 N–H and O–H groups in total. The minimum Gasteiger partial charge on any atom is -0.383 e. The zero-order valence-electron chi connectivity index (χ0n) is 23.6. The van der Waals surface area contributed by atoms with Crippen molar-refractivity contribution in [1.82, 2.24) is 34.7 Å². The van der Waals surface area contributed by atoms with Crippen LogP contribution < -0.4 is 0 Å². The van der Waals surface area contributed by atoms with Crippen molar-refractivity contribution in [3.63, 3.8) is 0 Å². The average Bonchev–Trinajstić information content (AvgIpc) is 3.46. The molecule has 1 unspecified atom stereocenters. The quantitative estimate of drug-likeness (QED) is 0.335. The number of aryl methyl sites for hydroxylation is 4. The van der Waals surface area contributed by atoms with Crippen LogP contribution in [0.5, 0.6) is 0 Å². The van der Waals surface area contributed by atoms with E-state index in [1.54, 1.807) is 27.7 Å². The summed E-state index contributed by atoms with van der Waals surface area (Å²) in [5, 5.41) is 25.7. The van der Waals surface area contributed by atoms with Crippen LogP contribution in [0.2, 0.25) is 0 Å². The highest BCUT2D eigenvalue weighted by Gasteiger charge is 2.36. The molecule has 40 heavy (non-hydrogen) atoms. The number of nitrogens with zero attached hydrogens (tertiary/aromatic N) is 7. The van der Waals surface area contributed by atoms with E-state index in [2.05, 4.69) is 38.3 Å². The van der Waals surface area contributed by atoms with Crippen LogP contribution in [0.25, 0.3) is 11.0 Å². The lowest BCUT2D eigenvalue weighted by Crippen LogP contribution is -2.34. The molecule has 0 aliphatic carbocycles. The largest absolute Gasteiger partial charge is 0.383 e. The number of carbonyl (C=O) groups excluding carboxylic acids is 1. The van der Waals surface area contributed by atoms with E-state index in [0.717, 1.165) is 39.1 Å². The first kappa shape index (κ1) is 28.4. The van der Waals surface area contributed by atoms with Crippen LogP contribution in [0.4, 0.5) is 4.39 Å². The van der Waals surface area contributed by atoms with Crippen molar-refractivity contribution in [2.45, 2.75) is 71.4 Å². The van der Waals surface area contributed by atoms with Gasteiger partial charge in [0.2, 0.25) is 5.91 Å². The maximum atomic E-state index is 13.7. The summed E-state index contributed by atoms with van der Waals surface area (Å²) in [4.78, 5) is 19.9. The number of pyridine rings is 1. The Balaban J connectivity index is 1.25. The van der Waals surface area contributed by atoms with Crippen molar-refractivity contribution in [2.75, 3.05) is 13.1 Å². The monoisotopic (exact) mass is 611 g/mol. The Morgan fingerprint density at radius 2 is 1.98 bits per heavy atom. The second kappa shape index (κ2) is 11.0. The van der Waals surface area contributed by atoms with Gasteiger partial charge >= 0.3 is 0 Å². The number of fused-ring (bicyclic) bond motifs is 1. The highest BCUT2D eigenvalue weighted by molar-refractivity contribution is 9.10. The summed E-state index contributed by atoms with van der Waals surface area (Å²) < 4.78 is 17.6. The van der Waals surface area contributed by atoms with Crippen LogP contribution in [0, 0.1) is 26.6 Å². The first-order chi connectivity index (χ1) is 19.0. The molecule has 5 rings (SSSR count). The van der Waals surface area contributed by atoms with Crippen molar-refractivity contribution in [2.24, 2.45) is 7.05 Å². The van der Waals surface area contributed by atoms with E-state index in [1.165, 1.54) is 6.07 Å². The molecule has 212 valence electrons. The highest BCUT2D eigenvalue weighted by Crippen LogP contribution is 2.33. The number of benzene rings is 1. The van der Waals surface area contributed by atoms with Gasteiger partial charge in [0.1, 0.15) is 17.1 Å². The lowest BCUT2D eigenvalue weighted by atomic mass is 9.92. The lowest BCUT2D eigenvalue weighted by molar-refractivity contribution is -0.131. The summed E-state index contributed by atoms with van der Waals surface area (Å²) in [6, 6.07) is 4.66. The van der Waals surface area contributed by atoms with E-state index >= 15 is 0 Å². The molecule has 4 aromatic rings. The minimum atomic E-state index is -1.17. The van der Waals surface area contributed by atoms with Crippen LogP contribution in [-0.2, 0) is 23.9 Å². The molecule has 0 saturated carbocycles. The molecule has 1 amide bonds. The van der Waals surface area contributed by atoms with E-state index < -0.39 is 5.60 Å². The Kier molecular flexibility index (Phi) is 7.80. The Labute approximate surface area is 241 Å². The molecule has 0 spiro atoms. The average molecular weight is 613 g/mol. The molecular weight excluding hydrogens is 577 g/mol. The summed E-state index contributed by atoms with van der Waals surface area (Å²) >= 11 is 3.23. The highest BCUT2D eigenvalue weighted by atomic mass is 79.9. The molecule has 1 saturated heterocycles. The van der Waals surface area contributed by atoms with Crippen molar-refractivity contribution >= 4 is 32.9 Å². The van der Waals surface area contributed by atoms with Gasteiger partial charge in [-0.1, -0.05) is 11.3 Å².